The summed E-state index contributed by atoms with van der Waals surface area (Å²) in [5.41, 5.74) is 0.209. The van der Waals surface area contributed by atoms with Gasteiger partial charge in [-0.3, -0.25) is 4.79 Å². The van der Waals surface area contributed by atoms with Crippen molar-refractivity contribution < 1.29 is 17.6 Å². The summed E-state index contributed by atoms with van der Waals surface area (Å²) < 4.78 is 36.0. The number of sulfone groups is 1. The zero-order chi connectivity index (χ0) is 14.0. The van der Waals surface area contributed by atoms with Crippen LogP contribution in [-0.2, 0) is 9.84 Å². The summed E-state index contributed by atoms with van der Waals surface area (Å²) in [6.45, 7) is 0.293. The van der Waals surface area contributed by atoms with E-state index in [1.165, 1.54) is 18.2 Å². The van der Waals surface area contributed by atoms with Gasteiger partial charge in [0.1, 0.15) is 5.82 Å². The van der Waals surface area contributed by atoms with Crippen molar-refractivity contribution in [3.63, 3.8) is 0 Å². The zero-order valence-electron chi connectivity index (χ0n) is 10.0. The van der Waals surface area contributed by atoms with Gasteiger partial charge in [0.25, 0.3) is 5.91 Å². The molecule has 1 N–H and O–H groups in total. The highest BCUT2D eigenvalue weighted by Crippen LogP contribution is 2.21. The Bertz CT molecular complexity index is 603. The molecule has 1 aromatic carbocycles. The molecule has 1 heterocycles. The first-order valence-electron chi connectivity index (χ1n) is 5.82. The van der Waals surface area contributed by atoms with Crippen LogP contribution < -0.4 is 5.32 Å². The average Bonchev–Trinajstić information content (AvgIpc) is 2.69. The summed E-state index contributed by atoms with van der Waals surface area (Å²) in [6.07, 6.45) is 0.562. The molecule has 0 aliphatic carbocycles. The van der Waals surface area contributed by atoms with E-state index in [-0.39, 0.29) is 27.5 Å². The molecule has 104 valence electrons. The molecule has 19 heavy (non-hydrogen) atoms. The predicted octanol–water partition coefficient (Wildman–Crippen LogP) is 1.75. The van der Waals surface area contributed by atoms with E-state index in [2.05, 4.69) is 21.2 Å². The van der Waals surface area contributed by atoms with Crippen LogP contribution in [0, 0.1) is 11.7 Å². The number of nitrogens with one attached hydrogen (secondary N) is 1. The molecule has 0 aromatic heterocycles. The average molecular weight is 350 g/mol. The third kappa shape index (κ3) is 3.54. The Labute approximate surface area is 119 Å². The summed E-state index contributed by atoms with van der Waals surface area (Å²) in [6, 6.07) is 4.22. The first-order valence-corrected chi connectivity index (χ1v) is 8.43. The number of hydrogen-bond donors (Lipinski definition) is 1. The Morgan fingerprint density at radius 3 is 2.84 bits per heavy atom. The monoisotopic (exact) mass is 349 g/mol. The van der Waals surface area contributed by atoms with Gasteiger partial charge in [0.2, 0.25) is 0 Å². The van der Waals surface area contributed by atoms with Gasteiger partial charge in [-0.25, -0.2) is 12.8 Å². The van der Waals surface area contributed by atoms with E-state index in [0.29, 0.717) is 13.0 Å². The van der Waals surface area contributed by atoms with Crippen molar-refractivity contribution in [3.05, 3.63) is 34.1 Å². The van der Waals surface area contributed by atoms with Gasteiger partial charge in [0.15, 0.2) is 9.84 Å². The molecule has 1 aliphatic heterocycles. The molecule has 1 atom stereocenters. The molecule has 0 spiro atoms. The predicted molar refractivity (Wildman–Crippen MR) is 73.2 cm³/mol. The third-order valence-electron chi connectivity index (χ3n) is 3.07. The number of amides is 1. The SMILES string of the molecule is O=C(NCC1CCS(=O)(=O)C1)c1cccc(F)c1Br. The minimum atomic E-state index is -2.94. The lowest BCUT2D eigenvalue weighted by atomic mass is 10.1. The van der Waals surface area contributed by atoms with Crippen LogP contribution in [-0.4, -0.2) is 32.4 Å². The van der Waals surface area contributed by atoms with Gasteiger partial charge in [-0.1, -0.05) is 6.07 Å². The van der Waals surface area contributed by atoms with Crippen molar-refractivity contribution in [1.29, 1.82) is 0 Å². The van der Waals surface area contributed by atoms with Gasteiger partial charge < -0.3 is 5.32 Å². The topological polar surface area (TPSA) is 63.2 Å². The van der Waals surface area contributed by atoms with E-state index in [0.717, 1.165) is 0 Å². The molecule has 0 saturated carbocycles. The molecule has 1 fully saturated rings. The lowest BCUT2D eigenvalue weighted by Crippen LogP contribution is -2.30. The third-order valence-corrected chi connectivity index (χ3v) is 5.72. The lowest BCUT2D eigenvalue weighted by Gasteiger charge is -2.10. The van der Waals surface area contributed by atoms with Gasteiger partial charge in [-0.2, -0.15) is 0 Å². The van der Waals surface area contributed by atoms with E-state index in [1.54, 1.807) is 0 Å². The molecule has 0 bridgehead atoms. The lowest BCUT2D eigenvalue weighted by molar-refractivity contribution is 0.0947. The van der Waals surface area contributed by atoms with Gasteiger partial charge >= 0.3 is 0 Å². The fraction of sp³-hybridized carbons (Fsp3) is 0.417. The molecule has 1 unspecified atom stereocenters. The summed E-state index contributed by atoms with van der Waals surface area (Å²) in [4.78, 5) is 11.9. The standard InChI is InChI=1S/C12H13BrFNO3S/c13-11-9(2-1-3-10(11)14)12(16)15-6-8-4-5-19(17,18)7-8/h1-3,8H,4-7H2,(H,15,16). The second kappa shape index (κ2) is 5.58. The van der Waals surface area contributed by atoms with Crippen molar-refractivity contribution in [1.82, 2.24) is 5.32 Å². The van der Waals surface area contributed by atoms with Crippen LogP contribution in [0.4, 0.5) is 4.39 Å². The highest BCUT2D eigenvalue weighted by Gasteiger charge is 2.28. The Balaban J connectivity index is 1.97. The fourth-order valence-corrected chi connectivity index (χ4v) is 4.35. The van der Waals surface area contributed by atoms with E-state index in [9.17, 15) is 17.6 Å². The van der Waals surface area contributed by atoms with Gasteiger partial charge in [0.05, 0.1) is 21.5 Å². The first kappa shape index (κ1) is 14.5. The molecule has 7 heteroatoms. The van der Waals surface area contributed by atoms with Crippen LogP contribution in [0.2, 0.25) is 0 Å². The molecule has 4 nitrogen and oxygen atoms in total. The highest BCUT2D eigenvalue weighted by molar-refractivity contribution is 9.10. The number of carbonyl (C=O) groups is 1. The van der Waals surface area contributed by atoms with Crippen LogP contribution in [0.15, 0.2) is 22.7 Å². The number of carbonyl (C=O) groups excluding carboxylic acids is 1. The summed E-state index contributed by atoms with van der Waals surface area (Å²) >= 11 is 3.02. The minimum absolute atomic E-state index is 0.0544. The van der Waals surface area contributed by atoms with Gasteiger partial charge in [-0.15, -0.1) is 0 Å². The normalized spacial score (nSPS) is 21.3. The van der Waals surface area contributed by atoms with Crippen LogP contribution in [0.3, 0.4) is 0 Å². The molecular formula is C12H13BrFNO3S. The summed E-state index contributed by atoms with van der Waals surface area (Å²) in [5, 5.41) is 2.65. The summed E-state index contributed by atoms with van der Waals surface area (Å²) in [7, 11) is -2.94. The van der Waals surface area contributed by atoms with Gasteiger partial charge in [-0.05, 0) is 40.4 Å². The quantitative estimate of drug-likeness (QED) is 0.904. The second-order valence-corrected chi connectivity index (χ2v) is 7.60. The number of hydrogen-bond acceptors (Lipinski definition) is 3. The van der Waals surface area contributed by atoms with Crippen LogP contribution in [0.1, 0.15) is 16.8 Å². The summed E-state index contributed by atoms with van der Waals surface area (Å²) in [5.74, 6) is -0.678. The molecular weight excluding hydrogens is 337 g/mol. The molecule has 1 saturated heterocycles. The highest BCUT2D eigenvalue weighted by atomic mass is 79.9. The second-order valence-electron chi connectivity index (χ2n) is 4.58. The van der Waals surface area contributed by atoms with Crippen molar-refractivity contribution in [2.45, 2.75) is 6.42 Å². The first-order chi connectivity index (χ1) is 8.89. The number of benzene rings is 1. The maximum absolute atomic E-state index is 13.3. The van der Waals surface area contributed by atoms with Crippen molar-refractivity contribution in [2.24, 2.45) is 5.92 Å². The Morgan fingerprint density at radius 1 is 1.47 bits per heavy atom. The fourth-order valence-electron chi connectivity index (χ4n) is 2.04. The Hall–Kier alpha value is -0.950. The van der Waals surface area contributed by atoms with E-state index in [1.807, 2.05) is 0 Å². The van der Waals surface area contributed by atoms with E-state index >= 15 is 0 Å². The molecule has 2 rings (SSSR count). The van der Waals surface area contributed by atoms with E-state index < -0.39 is 21.6 Å². The van der Waals surface area contributed by atoms with Crippen LogP contribution >= 0.6 is 15.9 Å². The minimum Gasteiger partial charge on any atom is -0.352 e. The van der Waals surface area contributed by atoms with Crippen molar-refractivity contribution in [2.75, 3.05) is 18.1 Å². The number of rotatable bonds is 3. The maximum Gasteiger partial charge on any atom is 0.252 e. The number of halogens is 2. The molecule has 0 radical (unpaired) electrons. The van der Waals surface area contributed by atoms with Gasteiger partial charge in [0, 0.05) is 6.54 Å². The van der Waals surface area contributed by atoms with Crippen molar-refractivity contribution >= 4 is 31.7 Å². The van der Waals surface area contributed by atoms with E-state index in [4.69, 9.17) is 0 Å². The zero-order valence-corrected chi connectivity index (χ0v) is 12.4. The molecule has 1 aliphatic rings. The Morgan fingerprint density at radius 2 is 2.21 bits per heavy atom. The smallest absolute Gasteiger partial charge is 0.252 e. The Kier molecular flexibility index (Phi) is 4.25. The maximum atomic E-state index is 13.3. The largest absolute Gasteiger partial charge is 0.352 e. The van der Waals surface area contributed by atoms with Crippen LogP contribution in [0.5, 0.6) is 0 Å². The molecule has 1 amide bonds. The van der Waals surface area contributed by atoms with Crippen molar-refractivity contribution in [3.8, 4) is 0 Å². The molecule has 1 aromatic rings. The van der Waals surface area contributed by atoms with Crippen LogP contribution in [0.25, 0.3) is 0 Å².